The Balaban J connectivity index is 1.34. The van der Waals surface area contributed by atoms with E-state index in [0.717, 1.165) is 34.4 Å². The highest BCUT2D eigenvalue weighted by molar-refractivity contribution is 7.20. The Morgan fingerprint density at radius 3 is 2.79 bits per heavy atom. The Labute approximate surface area is 200 Å². The molecule has 4 aromatic rings. The molecule has 1 aromatic carbocycles. The lowest BCUT2D eigenvalue weighted by Crippen LogP contribution is -2.35. The third kappa shape index (κ3) is 4.24. The number of aromatic nitrogens is 3. The van der Waals surface area contributed by atoms with Crippen LogP contribution in [0.25, 0.3) is 10.2 Å². The van der Waals surface area contributed by atoms with Crippen LogP contribution in [0.4, 0.5) is 10.2 Å². The number of benzene rings is 1. The van der Waals surface area contributed by atoms with Crippen molar-refractivity contribution in [1.29, 1.82) is 5.26 Å². The highest BCUT2D eigenvalue weighted by Crippen LogP contribution is 2.30. The van der Waals surface area contributed by atoms with Crippen molar-refractivity contribution in [1.82, 2.24) is 19.7 Å². The van der Waals surface area contributed by atoms with Crippen molar-refractivity contribution in [2.75, 3.05) is 31.1 Å². The van der Waals surface area contributed by atoms with Gasteiger partial charge < -0.3 is 9.80 Å². The smallest absolute Gasteiger partial charge is 0.264 e. The zero-order valence-electron chi connectivity index (χ0n) is 18.7. The molecule has 172 valence electrons. The van der Waals surface area contributed by atoms with Gasteiger partial charge in [-0.15, -0.1) is 11.3 Å². The summed E-state index contributed by atoms with van der Waals surface area (Å²) < 4.78 is 15.1. The van der Waals surface area contributed by atoms with Gasteiger partial charge in [0.2, 0.25) is 0 Å². The summed E-state index contributed by atoms with van der Waals surface area (Å²) >= 11 is 1.45. The van der Waals surface area contributed by atoms with Crippen LogP contribution in [-0.2, 0) is 6.54 Å². The van der Waals surface area contributed by atoms with E-state index in [4.69, 9.17) is 0 Å². The molecule has 1 aliphatic heterocycles. The molecule has 1 aliphatic rings. The van der Waals surface area contributed by atoms with E-state index in [1.54, 1.807) is 30.5 Å². The summed E-state index contributed by atoms with van der Waals surface area (Å²) in [6, 6.07) is 14.1. The standard InChI is InChI=1S/C25H23FN6OS/c1-17-21-14-22(34-25(21)32(29-17)16-18-5-7-20(26)8-6-18)24(33)31-11-3-10-30(12-13-31)23-19(15-27)4-2-9-28-23/h2,4-9,14H,3,10-13,16H2,1H3. The number of carbonyl (C=O) groups excluding carboxylic acids is 1. The van der Waals surface area contributed by atoms with E-state index in [0.29, 0.717) is 42.4 Å². The number of amides is 1. The molecule has 9 heteroatoms. The van der Waals surface area contributed by atoms with E-state index >= 15 is 0 Å². The number of fused-ring (bicyclic) bond motifs is 1. The molecule has 1 amide bonds. The molecule has 34 heavy (non-hydrogen) atoms. The maximum absolute atomic E-state index is 13.4. The number of rotatable bonds is 4. The van der Waals surface area contributed by atoms with Gasteiger partial charge in [0, 0.05) is 37.8 Å². The van der Waals surface area contributed by atoms with Crippen molar-refractivity contribution in [3.63, 3.8) is 0 Å². The molecule has 7 nitrogen and oxygen atoms in total. The van der Waals surface area contributed by atoms with Gasteiger partial charge in [-0.1, -0.05) is 12.1 Å². The largest absolute Gasteiger partial charge is 0.354 e. The normalized spacial score (nSPS) is 14.3. The highest BCUT2D eigenvalue weighted by Gasteiger charge is 2.25. The number of hydrogen-bond donors (Lipinski definition) is 0. The SMILES string of the molecule is Cc1nn(Cc2ccc(F)cc2)c2sc(C(=O)N3CCCN(c4ncccc4C#N)CC3)cc12. The van der Waals surface area contributed by atoms with Crippen LogP contribution in [-0.4, -0.2) is 51.8 Å². The van der Waals surface area contributed by atoms with Gasteiger partial charge in [-0.25, -0.2) is 9.37 Å². The lowest BCUT2D eigenvalue weighted by Gasteiger charge is -2.23. The van der Waals surface area contributed by atoms with Crippen LogP contribution >= 0.6 is 11.3 Å². The summed E-state index contributed by atoms with van der Waals surface area (Å²) in [7, 11) is 0. The molecule has 0 bridgehead atoms. The van der Waals surface area contributed by atoms with Crippen LogP contribution < -0.4 is 4.90 Å². The van der Waals surface area contributed by atoms with Crippen LogP contribution in [0.5, 0.6) is 0 Å². The minimum absolute atomic E-state index is 0.0114. The third-order valence-corrected chi connectivity index (χ3v) is 7.19. The van der Waals surface area contributed by atoms with Crippen LogP contribution in [0.15, 0.2) is 48.7 Å². The number of halogens is 1. The third-order valence-electron chi connectivity index (χ3n) is 6.05. The second kappa shape index (κ2) is 9.23. The number of anilines is 1. The molecule has 4 heterocycles. The van der Waals surface area contributed by atoms with E-state index in [-0.39, 0.29) is 11.7 Å². The zero-order valence-corrected chi connectivity index (χ0v) is 19.6. The molecule has 0 unspecified atom stereocenters. The predicted molar refractivity (Wildman–Crippen MR) is 130 cm³/mol. The maximum atomic E-state index is 13.4. The fourth-order valence-corrected chi connectivity index (χ4v) is 5.44. The van der Waals surface area contributed by atoms with Crippen LogP contribution in [0, 0.1) is 24.1 Å². The predicted octanol–water partition coefficient (Wildman–Crippen LogP) is 4.21. The van der Waals surface area contributed by atoms with Crippen LogP contribution in [0.2, 0.25) is 0 Å². The van der Waals surface area contributed by atoms with E-state index in [1.807, 2.05) is 22.6 Å². The lowest BCUT2D eigenvalue weighted by molar-refractivity contribution is 0.0772. The zero-order chi connectivity index (χ0) is 23.7. The minimum atomic E-state index is -0.266. The van der Waals surface area contributed by atoms with Crippen molar-refractivity contribution in [3.8, 4) is 6.07 Å². The quantitative estimate of drug-likeness (QED) is 0.443. The summed E-state index contributed by atoms with van der Waals surface area (Å²) in [5.74, 6) is 0.424. The van der Waals surface area contributed by atoms with Gasteiger partial charge in [-0.3, -0.25) is 9.48 Å². The first kappa shape index (κ1) is 22.0. The fourth-order valence-electron chi connectivity index (χ4n) is 4.31. The molecule has 0 N–H and O–H groups in total. The first-order chi connectivity index (χ1) is 16.5. The van der Waals surface area contributed by atoms with Gasteiger partial charge in [0.15, 0.2) is 0 Å². The number of carbonyl (C=O) groups is 1. The van der Waals surface area contributed by atoms with Crippen molar-refractivity contribution in [2.45, 2.75) is 19.9 Å². The van der Waals surface area contributed by atoms with E-state index in [9.17, 15) is 14.4 Å². The number of aryl methyl sites for hydroxylation is 1. The van der Waals surface area contributed by atoms with Gasteiger partial charge in [0.1, 0.15) is 22.5 Å². The summed E-state index contributed by atoms with van der Waals surface area (Å²) in [6.07, 6.45) is 2.49. The first-order valence-corrected chi connectivity index (χ1v) is 12.0. The van der Waals surface area contributed by atoms with Crippen LogP contribution in [0.3, 0.4) is 0 Å². The summed E-state index contributed by atoms with van der Waals surface area (Å²) in [4.78, 5) is 23.4. The van der Waals surface area contributed by atoms with Gasteiger partial charge in [0.25, 0.3) is 5.91 Å². The fraction of sp³-hybridized carbons (Fsp3) is 0.280. The second-order valence-corrected chi connectivity index (χ2v) is 9.35. The summed E-state index contributed by atoms with van der Waals surface area (Å²) in [5, 5.41) is 15.0. The lowest BCUT2D eigenvalue weighted by atomic mass is 10.2. The molecule has 0 saturated carbocycles. The van der Waals surface area contributed by atoms with Crippen molar-refractivity contribution in [2.24, 2.45) is 0 Å². The molecule has 3 aromatic heterocycles. The van der Waals surface area contributed by atoms with Crippen molar-refractivity contribution >= 4 is 33.3 Å². The molecule has 0 atom stereocenters. The molecular formula is C25H23FN6OS. The minimum Gasteiger partial charge on any atom is -0.354 e. The molecule has 1 saturated heterocycles. The number of hydrogen-bond acceptors (Lipinski definition) is 6. The molecule has 0 aliphatic carbocycles. The molecule has 0 radical (unpaired) electrons. The number of thiophene rings is 1. The molecule has 0 spiro atoms. The van der Waals surface area contributed by atoms with E-state index in [1.165, 1.54) is 23.5 Å². The Bertz CT molecular complexity index is 1390. The van der Waals surface area contributed by atoms with Gasteiger partial charge >= 0.3 is 0 Å². The average Bonchev–Trinajstić information content (AvgIpc) is 3.31. The Morgan fingerprint density at radius 2 is 2.00 bits per heavy atom. The van der Waals surface area contributed by atoms with Crippen molar-refractivity contribution in [3.05, 3.63) is 76.2 Å². The van der Waals surface area contributed by atoms with E-state index in [2.05, 4.69) is 21.1 Å². The van der Waals surface area contributed by atoms with Gasteiger partial charge in [0.05, 0.1) is 22.7 Å². The first-order valence-electron chi connectivity index (χ1n) is 11.1. The second-order valence-electron chi connectivity index (χ2n) is 8.32. The summed E-state index contributed by atoms with van der Waals surface area (Å²) in [5.41, 5.74) is 2.37. The number of nitriles is 1. The highest BCUT2D eigenvalue weighted by atomic mass is 32.1. The molecule has 1 fully saturated rings. The Hall–Kier alpha value is -3.77. The number of pyridine rings is 1. The Morgan fingerprint density at radius 1 is 1.18 bits per heavy atom. The molecule has 5 rings (SSSR count). The summed E-state index contributed by atoms with van der Waals surface area (Å²) in [6.45, 7) is 5.04. The van der Waals surface area contributed by atoms with Crippen molar-refractivity contribution < 1.29 is 9.18 Å². The molecular weight excluding hydrogens is 451 g/mol. The van der Waals surface area contributed by atoms with E-state index < -0.39 is 0 Å². The van der Waals surface area contributed by atoms with Gasteiger partial charge in [-0.2, -0.15) is 10.4 Å². The van der Waals surface area contributed by atoms with Gasteiger partial charge in [-0.05, 0) is 49.2 Å². The number of nitrogens with zero attached hydrogens (tertiary/aromatic N) is 6. The topological polar surface area (TPSA) is 78.1 Å². The Kier molecular flexibility index (Phi) is 5.99. The average molecular weight is 475 g/mol. The monoisotopic (exact) mass is 474 g/mol. The maximum Gasteiger partial charge on any atom is 0.264 e. The van der Waals surface area contributed by atoms with Crippen LogP contribution in [0.1, 0.15) is 32.9 Å².